The molecule has 0 radical (unpaired) electrons. The first-order valence-electron chi connectivity index (χ1n) is 6.78. The van der Waals surface area contributed by atoms with E-state index in [1.165, 1.54) is 5.56 Å². The Bertz CT molecular complexity index is 383. The zero-order valence-electron chi connectivity index (χ0n) is 11.3. The van der Waals surface area contributed by atoms with Crippen LogP contribution in [0.2, 0.25) is 0 Å². The van der Waals surface area contributed by atoms with E-state index in [1.54, 1.807) is 0 Å². The molecule has 0 amide bonds. The first kappa shape index (κ1) is 13.3. The van der Waals surface area contributed by atoms with Gasteiger partial charge in [0.1, 0.15) is 5.82 Å². The second kappa shape index (κ2) is 6.16. The van der Waals surface area contributed by atoms with Gasteiger partial charge in [-0.15, -0.1) is 0 Å². The van der Waals surface area contributed by atoms with Crippen molar-refractivity contribution < 1.29 is 5.11 Å². The maximum Gasteiger partial charge on any atom is 0.126 e. The lowest BCUT2D eigenvalue weighted by molar-refractivity contribution is 0.0320. The third-order valence-corrected chi connectivity index (χ3v) is 3.53. The first-order valence-corrected chi connectivity index (χ1v) is 6.78. The van der Waals surface area contributed by atoms with E-state index < -0.39 is 0 Å². The van der Waals surface area contributed by atoms with Crippen LogP contribution in [0.15, 0.2) is 18.3 Å². The second-order valence-electron chi connectivity index (χ2n) is 5.15. The molecule has 0 spiro atoms. The fourth-order valence-electron chi connectivity index (χ4n) is 2.47. The van der Waals surface area contributed by atoms with E-state index in [0.29, 0.717) is 5.92 Å². The molecular weight excluding hydrogens is 226 g/mol. The van der Waals surface area contributed by atoms with Gasteiger partial charge < -0.3 is 10.4 Å². The Hall–Kier alpha value is -1.13. The van der Waals surface area contributed by atoms with Crippen LogP contribution in [-0.4, -0.2) is 40.7 Å². The molecule has 1 aliphatic heterocycles. The number of aliphatic hydroxyl groups excluding tert-OH is 1. The summed E-state index contributed by atoms with van der Waals surface area (Å²) in [6.45, 7) is 7.97. The molecule has 4 heteroatoms. The molecule has 2 rings (SSSR count). The van der Waals surface area contributed by atoms with Crippen LogP contribution in [0.1, 0.15) is 25.8 Å². The monoisotopic (exact) mass is 249 g/mol. The van der Waals surface area contributed by atoms with Crippen molar-refractivity contribution in [1.29, 1.82) is 0 Å². The van der Waals surface area contributed by atoms with Crippen molar-refractivity contribution in [3.63, 3.8) is 0 Å². The maximum absolute atomic E-state index is 9.73. The summed E-state index contributed by atoms with van der Waals surface area (Å²) in [4.78, 5) is 6.68. The van der Waals surface area contributed by atoms with Gasteiger partial charge in [-0.25, -0.2) is 4.98 Å². The average molecular weight is 249 g/mol. The Morgan fingerprint density at radius 3 is 3.11 bits per heavy atom. The molecule has 1 saturated heterocycles. The van der Waals surface area contributed by atoms with Gasteiger partial charge in [-0.1, -0.05) is 6.92 Å². The number of rotatable bonds is 4. The lowest BCUT2D eigenvalue weighted by Crippen LogP contribution is -2.41. The summed E-state index contributed by atoms with van der Waals surface area (Å²) in [7, 11) is 0. The normalized spacial score (nSPS) is 25.1. The van der Waals surface area contributed by atoms with E-state index in [-0.39, 0.29) is 6.10 Å². The minimum absolute atomic E-state index is 0.129. The Morgan fingerprint density at radius 1 is 1.56 bits per heavy atom. The topological polar surface area (TPSA) is 48.4 Å². The Kier molecular flexibility index (Phi) is 4.55. The number of aliphatic hydroxyl groups is 1. The van der Waals surface area contributed by atoms with Crippen molar-refractivity contribution in [3.8, 4) is 0 Å². The van der Waals surface area contributed by atoms with Crippen molar-refractivity contribution in [3.05, 3.63) is 23.9 Å². The summed E-state index contributed by atoms with van der Waals surface area (Å²) >= 11 is 0. The summed E-state index contributed by atoms with van der Waals surface area (Å²) in [5.41, 5.74) is 1.28. The highest BCUT2D eigenvalue weighted by Crippen LogP contribution is 2.19. The lowest BCUT2D eigenvalue weighted by atomic mass is 9.96. The lowest BCUT2D eigenvalue weighted by Gasteiger charge is -2.34. The number of pyridine rings is 1. The SMILES string of the molecule is CCNc1cc(CN2CCC(O)C(C)C2)ccn1. The highest BCUT2D eigenvalue weighted by molar-refractivity contribution is 5.37. The largest absolute Gasteiger partial charge is 0.393 e. The van der Waals surface area contributed by atoms with Gasteiger partial charge in [0.2, 0.25) is 0 Å². The first-order chi connectivity index (χ1) is 8.69. The van der Waals surface area contributed by atoms with Gasteiger partial charge in [0.25, 0.3) is 0 Å². The third kappa shape index (κ3) is 3.43. The minimum Gasteiger partial charge on any atom is -0.393 e. The summed E-state index contributed by atoms with van der Waals surface area (Å²) in [5, 5.41) is 13.0. The molecule has 0 saturated carbocycles. The van der Waals surface area contributed by atoms with Crippen molar-refractivity contribution in [1.82, 2.24) is 9.88 Å². The molecule has 0 aromatic carbocycles. The maximum atomic E-state index is 9.73. The Balaban J connectivity index is 1.94. The Morgan fingerprint density at radius 2 is 2.39 bits per heavy atom. The molecule has 2 unspecified atom stereocenters. The number of aromatic nitrogens is 1. The summed E-state index contributed by atoms with van der Waals surface area (Å²) in [6, 6.07) is 4.18. The predicted octanol–water partition coefficient (Wildman–Crippen LogP) is 1.72. The van der Waals surface area contributed by atoms with Gasteiger partial charge in [0, 0.05) is 32.4 Å². The van der Waals surface area contributed by atoms with Gasteiger partial charge in [0.15, 0.2) is 0 Å². The molecule has 100 valence electrons. The van der Waals surface area contributed by atoms with Crippen molar-refractivity contribution >= 4 is 5.82 Å². The van der Waals surface area contributed by atoms with E-state index in [1.807, 2.05) is 6.20 Å². The summed E-state index contributed by atoms with van der Waals surface area (Å²) in [5.74, 6) is 1.31. The molecular formula is C14H23N3O. The molecule has 1 fully saturated rings. The summed E-state index contributed by atoms with van der Waals surface area (Å²) in [6.07, 6.45) is 2.61. The Labute approximate surface area is 109 Å². The van der Waals surface area contributed by atoms with Crippen LogP contribution < -0.4 is 5.32 Å². The van der Waals surface area contributed by atoms with E-state index in [0.717, 1.165) is 38.4 Å². The van der Waals surface area contributed by atoms with Crippen LogP contribution in [0, 0.1) is 5.92 Å². The highest BCUT2D eigenvalue weighted by Gasteiger charge is 2.23. The molecule has 2 heterocycles. The number of hydrogen-bond donors (Lipinski definition) is 2. The number of nitrogens with zero attached hydrogens (tertiary/aromatic N) is 2. The van der Waals surface area contributed by atoms with E-state index in [4.69, 9.17) is 0 Å². The smallest absolute Gasteiger partial charge is 0.126 e. The fourth-order valence-corrected chi connectivity index (χ4v) is 2.47. The van der Waals surface area contributed by atoms with Gasteiger partial charge in [-0.2, -0.15) is 0 Å². The zero-order chi connectivity index (χ0) is 13.0. The van der Waals surface area contributed by atoms with E-state index in [9.17, 15) is 5.11 Å². The standard InChI is InChI=1S/C14H23N3O/c1-3-15-14-8-12(4-6-16-14)10-17-7-5-13(18)11(2)9-17/h4,6,8,11,13,18H,3,5,7,9-10H2,1-2H3,(H,15,16). The van der Waals surface area contributed by atoms with E-state index in [2.05, 4.69) is 41.2 Å². The van der Waals surface area contributed by atoms with Crippen molar-refractivity contribution in [2.75, 3.05) is 25.0 Å². The van der Waals surface area contributed by atoms with Crippen molar-refractivity contribution in [2.45, 2.75) is 32.9 Å². The van der Waals surface area contributed by atoms with Crippen LogP contribution in [0.5, 0.6) is 0 Å². The number of likely N-dealkylation sites (tertiary alicyclic amines) is 1. The quantitative estimate of drug-likeness (QED) is 0.853. The average Bonchev–Trinajstić information content (AvgIpc) is 2.35. The van der Waals surface area contributed by atoms with Gasteiger partial charge in [0.05, 0.1) is 6.10 Å². The van der Waals surface area contributed by atoms with Crippen LogP contribution in [0.3, 0.4) is 0 Å². The van der Waals surface area contributed by atoms with Crippen molar-refractivity contribution in [2.24, 2.45) is 5.92 Å². The predicted molar refractivity (Wildman–Crippen MR) is 73.5 cm³/mol. The number of nitrogens with one attached hydrogen (secondary N) is 1. The van der Waals surface area contributed by atoms with E-state index >= 15 is 0 Å². The molecule has 4 nitrogen and oxygen atoms in total. The van der Waals surface area contributed by atoms with Crippen LogP contribution in [-0.2, 0) is 6.54 Å². The molecule has 1 aliphatic rings. The molecule has 1 aromatic heterocycles. The molecule has 2 atom stereocenters. The second-order valence-corrected chi connectivity index (χ2v) is 5.15. The van der Waals surface area contributed by atoms with Crippen LogP contribution in [0.4, 0.5) is 5.82 Å². The molecule has 2 N–H and O–H groups in total. The highest BCUT2D eigenvalue weighted by atomic mass is 16.3. The number of anilines is 1. The molecule has 0 bridgehead atoms. The molecule has 0 aliphatic carbocycles. The molecule has 1 aromatic rings. The zero-order valence-corrected chi connectivity index (χ0v) is 11.3. The number of piperidine rings is 1. The van der Waals surface area contributed by atoms with Crippen LogP contribution in [0.25, 0.3) is 0 Å². The van der Waals surface area contributed by atoms with Gasteiger partial charge >= 0.3 is 0 Å². The third-order valence-electron chi connectivity index (χ3n) is 3.53. The van der Waals surface area contributed by atoms with Gasteiger partial charge in [-0.3, -0.25) is 4.90 Å². The summed E-state index contributed by atoms with van der Waals surface area (Å²) < 4.78 is 0. The number of hydrogen-bond acceptors (Lipinski definition) is 4. The minimum atomic E-state index is -0.129. The molecule has 18 heavy (non-hydrogen) atoms. The van der Waals surface area contributed by atoms with Crippen LogP contribution >= 0.6 is 0 Å². The fraction of sp³-hybridized carbons (Fsp3) is 0.643. The van der Waals surface area contributed by atoms with Gasteiger partial charge in [-0.05, 0) is 37.0 Å².